The number of ether oxygens (including phenoxy) is 1. The van der Waals surface area contributed by atoms with Gasteiger partial charge in [0, 0.05) is 17.5 Å². The van der Waals surface area contributed by atoms with Crippen LogP contribution < -0.4 is 5.32 Å². The van der Waals surface area contributed by atoms with E-state index in [1.807, 2.05) is 0 Å². The van der Waals surface area contributed by atoms with E-state index in [-0.39, 0.29) is 17.7 Å². The molecule has 1 N–H and O–H groups in total. The molecule has 0 aliphatic carbocycles. The smallest absolute Gasteiger partial charge is 0.343 e. The molecule has 20 heavy (non-hydrogen) atoms. The van der Waals surface area contributed by atoms with Crippen LogP contribution in [-0.4, -0.2) is 40.4 Å². The zero-order valence-corrected chi connectivity index (χ0v) is 10.4. The average Bonchev–Trinajstić information content (AvgIpc) is 2.87. The number of nitrogens with zero attached hydrogens (tertiary/aromatic N) is 3. The van der Waals surface area contributed by atoms with Gasteiger partial charge in [-0.1, -0.05) is 0 Å². The first-order valence-corrected chi connectivity index (χ1v) is 5.50. The summed E-state index contributed by atoms with van der Waals surface area (Å²) in [5.41, 5.74) is 0.126. The van der Waals surface area contributed by atoms with Crippen molar-refractivity contribution < 1.29 is 19.2 Å². The molecule has 0 fully saturated rings. The van der Waals surface area contributed by atoms with Gasteiger partial charge < -0.3 is 10.1 Å². The van der Waals surface area contributed by atoms with Crippen molar-refractivity contribution in [2.24, 2.45) is 0 Å². The predicted molar refractivity (Wildman–Crippen MR) is 67.2 cm³/mol. The molecule has 1 aromatic carbocycles. The Morgan fingerprint density at radius 1 is 1.50 bits per heavy atom. The first-order chi connectivity index (χ1) is 9.52. The Hall–Kier alpha value is -2.97. The first-order valence-electron chi connectivity index (χ1n) is 5.50. The Balaban J connectivity index is 2.29. The summed E-state index contributed by atoms with van der Waals surface area (Å²) in [5.74, 6) is -0.610. The van der Waals surface area contributed by atoms with Crippen molar-refractivity contribution in [3.05, 3.63) is 34.5 Å². The van der Waals surface area contributed by atoms with Gasteiger partial charge in [-0.15, -0.1) is 0 Å². The van der Waals surface area contributed by atoms with Gasteiger partial charge in [0.25, 0.3) is 5.69 Å². The van der Waals surface area contributed by atoms with Crippen molar-refractivity contribution in [1.29, 1.82) is 0 Å². The number of carbonyl (C=O) groups is 2. The molecule has 9 nitrogen and oxygen atoms in total. The maximum Gasteiger partial charge on any atom is 0.343 e. The number of carbonyl (C=O) groups excluding carboxylic acids is 2. The molecule has 1 amide bonds. The molecule has 0 saturated carbocycles. The highest BCUT2D eigenvalue weighted by molar-refractivity contribution is 5.92. The predicted octanol–water partition coefficient (Wildman–Crippen LogP) is 0.675. The summed E-state index contributed by atoms with van der Waals surface area (Å²) in [6.07, 6.45) is 1.40. The van der Waals surface area contributed by atoms with Crippen LogP contribution in [0.15, 0.2) is 24.4 Å². The molecular weight excluding hydrogens is 268 g/mol. The van der Waals surface area contributed by atoms with E-state index in [9.17, 15) is 19.7 Å². The number of rotatable bonds is 3. The standard InChI is InChI=1S/C11H10N4O5/c1-20-10(16)6-12-11(17)14-9-4-8(15(18)19)3-2-7(9)5-13-14/h2-5H,6H2,1H3,(H,12,17). The van der Waals surface area contributed by atoms with E-state index in [0.717, 1.165) is 4.68 Å². The first kappa shape index (κ1) is 13.5. The molecule has 1 heterocycles. The Bertz CT molecular complexity index is 693. The molecule has 2 aromatic rings. The second kappa shape index (κ2) is 5.34. The summed E-state index contributed by atoms with van der Waals surface area (Å²) in [4.78, 5) is 32.9. The van der Waals surface area contributed by atoms with Crippen LogP contribution in [0.4, 0.5) is 10.5 Å². The highest BCUT2D eigenvalue weighted by Gasteiger charge is 2.15. The SMILES string of the molecule is COC(=O)CNC(=O)n1ncc2ccc([N+](=O)[O-])cc21. The van der Waals surface area contributed by atoms with Gasteiger partial charge in [-0.25, -0.2) is 4.79 Å². The van der Waals surface area contributed by atoms with Crippen LogP contribution in [-0.2, 0) is 9.53 Å². The molecule has 0 saturated heterocycles. The van der Waals surface area contributed by atoms with Crippen LogP contribution in [0.1, 0.15) is 0 Å². The van der Waals surface area contributed by atoms with Gasteiger partial charge in [0.15, 0.2) is 0 Å². The molecule has 2 rings (SSSR count). The minimum Gasteiger partial charge on any atom is -0.468 e. The zero-order valence-electron chi connectivity index (χ0n) is 10.4. The van der Waals surface area contributed by atoms with E-state index in [4.69, 9.17) is 0 Å². The maximum atomic E-state index is 11.8. The summed E-state index contributed by atoms with van der Waals surface area (Å²) < 4.78 is 5.33. The summed E-state index contributed by atoms with van der Waals surface area (Å²) in [6, 6.07) is 3.37. The Kier molecular flexibility index (Phi) is 3.60. The number of amides is 1. The van der Waals surface area contributed by atoms with Gasteiger partial charge in [0.05, 0.1) is 23.7 Å². The lowest BCUT2D eigenvalue weighted by Crippen LogP contribution is -2.34. The highest BCUT2D eigenvalue weighted by Crippen LogP contribution is 2.20. The van der Waals surface area contributed by atoms with Crippen LogP contribution in [0.2, 0.25) is 0 Å². The van der Waals surface area contributed by atoms with Crippen LogP contribution in [0, 0.1) is 10.1 Å². The average molecular weight is 278 g/mol. The lowest BCUT2D eigenvalue weighted by molar-refractivity contribution is -0.384. The van der Waals surface area contributed by atoms with E-state index in [2.05, 4.69) is 15.2 Å². The molecule has 0 spiro atoms. The molecule has 9 heteroatoms. The summed E-state index contributed by atoms with van der Waals surface area (Å²) in [6.45, 7) is -0.314. The third kappa shape index (κ3) is 2.55. The van der Waals surface area contributed by atoms with Crippen molar-refractivity contribution in [1.82, 2.24) is 15.1 Å². The molecule has 104 valence electrons. The monoisotopic (exact) mass is 278 g/mol. The molecule has 1 aromatic heterocycles. The van der Waals surface area contributed by atoms with Crippen LogP contribution in [0.5, 0.6) is 0 Å². The van der Waals surface area contributed by atoms with Gasteiger partial charge in [-0.2, -0.15) is 9.78 Å². The molecule has 0 aliphatic heterocycles. The quantitative estimate of drug-likeness (QED) is 0.501. The number of aromatic nitrogens is 2. The lowest BCUT2D eigenvalue weighted by Gasteiger charge is -2.04. The number of fused-ring (bicyclic) bond motifs is 1. The third-order valence-electron chi connectivity index (χ3n) is 2.57. The van der Waals surface area contributed by atoms with E-state index in [1.54, 1.807) is 0 Å². The molecule has 0 atom stereocenters. The summed E-state index contributed by atoms with van der Waals surface area (Å²) >= 11 is 0. The molecular formula is C11H10N4O5. The van der Waals surface area contributed by atoms with Crippen molar-refractivity contribution >= 4 is 28.6 Å². The van der Waals surface area contributed by atoms with E-state index < -0.39 is 16.9 Å². The highest BCUT2D eigenvalue weighted by atomic mass is 16.6. The van der Waals surface area contributed by atoms with Crippen LogP contribution in [0.25, 0.3) is 10.9 Å². The maximum absolute atomic E-state index is 11.8. The Morgan fingerprint density at radius 2 is 2.25 bits per heavy atom. The molecule has 0 radical (unpaired) electrons. The number of esters is 1. The van der Waals surface area contributed by atoms with Gasteiger partial charge in [0.1, 0.15) is 6.54 Å². The number of benzene rings is 1. The van der Waals surface area contributed by atoms with Crippen molar-refractivity contribution in [3.8, 4) is 0 Å². The minimum atomic E-state index is -0.675. The number of nitro benzene ring substituents is 1. The molecule has 0 aliphatic rings. The number of hydrogen-bond acceptors (Lipinski definition) is 6. The Labute approximate surface area is 112 Å². The van der Waals surface area contributed by atoms with E-state index in [1.165, 1.54) is 31.5 Å². The number of hydrogen-bond donors (Lipinski definition) is 1. The van der Waals surface area contributed by atoms with Gasteiger partial charge >= 0.3 is 12.0 Å². The van der Waals surface area contributed by atoms with Gasteiger partial charge in [-0.05, 0) is 6.07 Å². The van der Waals surface area contributed by atoms with Gasteiger partial charge in [0.2, 0.25) is 0 Å². The lowest BCUT2D eigenvalue weighted by atomic mass is 10.2. The summed E-state index contributed by atoms with van der Waals surface area (Å²) in [5, 5.41) is 17.4. The third-order valence-corrected chi connectivity index (χ3v) is 2.57. The van der Waals surface area contributed by atoms with E-state index >= 15 is 0 Å². The molecule has 0 unspecified atom stereocenters. The normalized spacial score (nSPS) is 10.2. The van der Waals surface area contributed by atoms with Crippen molar-refractivity contribution in [2.45, 2.75) is 0 Å². The van der Waals surface area contributed by atoms with Crippen molar-refractivity contribution in [3.63, 3.8) is 0 Å². The second-order valence-corrected chi connectivity index (χ2v) is 3.79. The minimum absolute atomic E-state index is 0.153. The number of methoxy groups -OCH3 is 1. The number of nitrogens with one attached hydrogen (secondary N) is 1. The second-order valence-electron chi connectivity index (χ2n) is 3.79. The fraction of sp³-hybridized carbons (Fsp3) is 0.182. The van der Waals surface area contributed by atoms with Gasteiger partial charge in [-0.3, -0.25) is 14.9 Å². The van der Waals surface area contributed by atoms with Crippen molar-refractivity contribution in [2.75, 3.05) is 13.7 Å². The summed E-state index contributed by atoms with van der Waals surface area (Å²) in [7, 11) is 1.20. The van der Waals surface area contributed by atoms with E-state index in [0.29, 0.717) is 5.39 Å². The Morgan fingerprint density at radius 3 is 2.90 bits per heavy atom. The number of non-ortho nitro benzene ring substituents is 1. The fourth-order valence-corrected chi connectivity index (χ4v) is 1.58. The van der Waals surface area contributed by atoms with Crippen LogP contribution >= 0.6 is 0 Å². The topological polar surface area (TPSA) is 116 Å². The largest absolute Gasteiger partial charge is 0.468 e. The molecule has 0 bridgehead atoms. The fourth-order valence-electron chi connectivity index (χ4n) is 1.58. The zero-order chi connectivity index (χ0) is 14.7. The van der Waals surface area contributed by atoms with Crippen LogP contribution in [0.3, 0.4) is 0 Å². The number of nitro groups is 1.